The topological polar surface area (TPSA) is 81.5 Å². The van der Waals surface area contributed by atoms with Crippen molar-refractivity contribution in [2.75, 3.05) is 19.4 Å². The monoisotopic (exact) mass is 352 g/mol. The molecule has 1 aromatic rings. The summed E-state index contributed by atoms with van der Waals surface area (Å²) in [6.07, 6.45) is 8.94. The van der Waals surface area contributed by atoms with Crippen LogP contribution in [0.3, 0.4) is 0 Å². The predicted molar refractivity (Wildman–Crippen MR) is 94.7 cm³/mol. The minimum Gasteiger partial charge on any atom is -0.378 e. The van der Waals surface area contributed by atoms with Crippen LogP contribution in [0.25, 0.3) is 0 Å². The molecule has 1 amide bonds. The number of nitro groups is 1. The van der Waals surface area contributed by atoms with Gasteiger partial charge in [0.15, 0.2) is 0 Å². The molecule has 2 rings (SSSR count). The van der Waals surface area contributed by atoms with Gasteiger partial charge >= 0.3 is 0 Å². The second-order valence-electron chi connectivity index (χ2n) is 5.88. The van der Waals surface area contributed by atoms with E-state index in [1.807, 2.05) is 6.26 Å². The summed E-state index contributed by atoms with van der Waals surface area (Å²) < 4.78 is 5.81. The van der Waals surface area contributed by atoms with Crippen molar-refractivity contribution >= 4 is 23.4 Å². The Balaban J connectivity index is 1.80. The second-order valence-corrected chi connectivity index (χ2v) is 6.76. The molecule has 7 heteroatoms. The van der Waals surface area contributed by atoms with Crippen LogP contribution in [0.15, 0.2) is 23.1 Å². The number of carbonyl (C=O) groups excluding carboxylic acids is 1. The first-order chi connectivity index (χ1) is 11.6. The molecular weight excluding hydrogens is 328 g/mol. The maximum absolute atomic E-state index is 12.2. The minimum atomic E-state index is -0.523. The number of nitrogens with zero attached hydrogens (tertiary/aromatic N) is 1. The molecule has 0 aliphatic heterocycles. The lowest BCUT2D eigenvalue weighted by atomic mass is 9.98. The summed E-state index contributed by atoms with van der Waals surface area (Å²) in [5, 5.41) is 13.8. The first-order valence-electron chi connectivity index (χ1n) is 8.34. The number of nitrogens with one attached hydrogen (secondary N) is 1. The average molecular weight is 352 g/mol. The highest BCUT2D eigenvalue weighted by molar-refractivity contribution is 7.98. The van der Waals surface area contributed by atoms with E-state index in [4.69, 9.17) is 4.74 Å². The molecule has 0 spiro atoms. The third-order valence-electron chi connectivity index (χ3n) is 4.16. The molecule has 0 heterocycles. The third-order valence-corrected chi connectivity index (χ3v) is 4.88. The van der Waals surface area contributed by atoms with E-state index in [2.05, 4.69) is 5.32 Å². The quantitative estimate of drug-likeness (QED) is 0.333. The van der Waals surface area contributed by atoms with Crippen LogP contribution in [0.5, 0.6) is 0 Å². The van der Waals surface area contributed by atoms with E-state index in [9.17, 15) is 14.9 Å². The summed E-state index contributed by atoms with van der Waals surface area (Å²) in [6.45, 7) is 1.06. The highest BCUT2D eigenvalue weighted by Crippen LogP contribution is 2.24. The number of amides is 1. The summed E-state index contributed by atoms with van der Waals surface area (Å²) in [7, 11) is 0. The van der Waals surface area contributed by atoms with Gasteiger partial charge in [-0.1, -0.05) is 19.3 Å². The molecule has 0 unspecified atom stereocenters. The van der Waals surface area contributed by atoms with Crippen LogP contribution >= 0.6 is 11.8 Å². The number of benzene rings is 1. The van der Waals surface area contributed by atoms with Gasteiger partial charge in [-0.3, -0.25) is 14.9 Å². The van der Waals surface area contributed by atoms with E-state index in [1.54, 1.807) is 12.1 Å². The van der Waals surface area contributed by atoms with Crippen LogP contribution < -0.4 is 5.32 Å². The lowest BCUT2D eigenvalue weighted by Crippen LogP contribution is -2.27. The molecule has 24 heavy (non-hydrogen) atoms. The van der Waals surface area contributed by atoms with Crippen molar-refractivity contribution in [3.63, 3.8) is 0 Å². The molecule has 0 atom stereocenters. The van der Waals surface area contributed by atoms with E-state index < -0.39 is 10.8 Å². The maximum Gasteiger partial charge on any atom is 0.282 e. The highest BCUT2D eigenvalue weighted by Gasteiger charge is 2.20. The molecule has 0 radical (unpaired) electrons. The number of nitro benzene ring substituents is 1. The van der Waals surface area contributed by atoms with Crippen molar-refractivity contribution in [1.82, 2.24) is 5.32 Å². The molecule has 0 bridgehead atoms. The number of ether oxygens (including phenoxy) is 1. The van der Waals surface area contributed by atoms with Gasteiger partial charge in [-0.2, -0.15) is 0 Å². The molecule has 1 aromatic carbocycles. The lowest BCUT2D eigenvalue weighted by molar-refractivity contribution is -0.385. The van der Waals surface area contributed by atoms with Crippen LogP contribution in [0.1, 0.15) is 48.9 Å². The average Bonchev–Trinajstić information content (AvgIpc) is 2.61. The molecule has 1 fully saturated rings. The number of hydrogen-bond acceptors (Lipinski definition) is 5. The third kappa shape index (κ3) is 5.49. The van der Waals surface area contributed by atoms with Crippen molar-refractivity contribution in [2.24, 2.45) is 0 Å². The largest absolute Gasteiger partial charge is 0.378 e. The zero-order chi connectivity index (χ0) is 17.4. The number of carbonyl (C=O) groups is 1. The summed E-state index contributed by atoms with van der Waals surface area (Å²) in [5.41, 5.74) is -0.0520. The Morgan fingerprint density at radius 2 is 2.12 bits per heavy atom. The van der Waals surface area contributed by atoms with Crippen LogP contribution in [0.4, 0.5) is 5.69 Å². The van der Waals surface area contributed by atoms with Crippen LogP contribution in [-0.4, -0.2) is 36.3 Å². The molecule has 1 aliphatic rings. The molecule has 0 aromatic heterocycles. The minimum absolute atomic E-state index is 0.111. The highest BCUT2D eigenvalue weighted by atomic mass is 32.2. The Kier molecular flexibility index (Phi) is 7.52. The second kappa shape index (κ2) is 9.64. The molecule has 1 aliphatic carbocycles. The molecular formula is C17H24N2O4S. The van der Waals surface area contributed by atoms with E-state index in [0.29, 0.717) is 25.7 Å². The first kappa shape index (κ1) is 18.7. The zero-order valence-electron chi connectivity index (χ0n) is 14.0. The van der Waals surface area contributed by atoms with Gasteiger partial charge in [0.1, 0.15) is 5.56 Å². The maximum atomic E-state index is 12.2. The standard InChI is InChI=1S/C17H24N2O4S/c1-24-14-8-9-16(19(21)22)15(12-14)17(20)18-10-5-11-23-13-6-3-2-4-7-13/h8-9,12-13H,2-7,10-11H2,1H3,(H,18,20). The van der Waals surface area contributed by atoms with Gasteiger partial charge < -0.3 is 10.1 Å². The van der Waals surface area contributed by atoms with Crippen molar-refractivity contribution in [3.05, 3.63) is 33.9 Å². The van der Waals surface area contributed by atoms with Gasteiger partial charge in [-0.15, -0.1) is 11.8 Å². The van der Waals surface area contributed by atoms with Gasteiger partial charge in [-0.25, -0.2) is 0 Å². The van der Waals surface area contributed by atoms with Gasteiger partial charge in [0.05, 0.1) is 11.0 Å². The van der Waals surface area contributed by atoms with Crippen molar-refractivity contribution in [3.8, 4) is 0 Å². The van der Waals surface area contributed by atoms with Crippen molar-refractivity contribution < 1.29 is 14.5 Å². The van der Waals surface area contributed by atoms with Crippen LogP contribution in [0.2, 0.25) is 0 Å². The van der Waals surface area contributed by atoms with Gasteiger partial charge in [0, 0.05) is 24.1 Å². The predicted octanol–water partition coefficient (Wildman–Crippen LogP) is 3.79. The van der Waals surface area contributed by atoms with Crippen LogP contribution in [0, 0.1) is 10.1 Å². The SMILES string of the molecule is CSc1ccc([N+](=O)[O-])c(C(=O)NCCCOC2CCCCC2)c1. The number of hydrogen-bond donors (Lipinski definition) is 1. The summed E-state index contributed by atoms with van der Waals surface area (Å²) in [5.74, 6) is -0.407. The number of thioether (sulfide) groups is 1. The Hall–Kier alpha value is -1.60. The first-order valence-corrected chi connectivity index (χ1v) is 9.56. The molecule has 1 saturated carbocycles. The van der Waals surface area contributed by atoms with E-state index in [1.165, 1.54) is 37.1 Å². The Morgan fingerprint density at radius 3 is 2.79 bits per heavy atom. The number of rotatable bonds is 8. The van der Waals surface area contributed by atoms with Crippen molar-refractivity contribution in [2.45, 2.75) is 49.5 Å². The fraction of sp³-hybridized carbons (Fsp3) is 0.588. The summed E-state index contributed by atoms with van der Waals surface area (Å²) >= 11 is 1.45. The summed E-state index contributed by atoms with van der Waals surface area (Å²) in [4.78, 5) is 23.6. The molecule has 132 valence electrons. The smallest absolute Gasteiger partial charge is 0.282 e. The lowest BCUT2D eigenvalue weighted by Gasteiger charge is -2.21. The molecule has 6 nitrogen and oxygen atoms in total. The van der Waals surface area contributed by atoms with Gasteiger partial charge in [0.25, 0.3) is 11.6 Å². The van der Waals surface area contributed by atoms with E-state index in [-0.39, 0.29) is 11.3 Å². The van der Waals surface area contributed by atoms with E-state index in [0.717, 1.165) is 17.7 Å². The molecule has 0 saturated heterocycles. The van der Waals surface area contributed by atoms with Crippen LogP contribution in [-0.2, 0) is 4.74 Å². The normalized spacial score (nSPS) is 15.2. The zero-order valence-corrected chi connectivity index (χ0v) is 14.8. The Bertz CT molecular complexity index is 574. The summed E-state index contributed by atoms with van der Waals surface area (Å²) in [6, 6.07) is 4.60. The fourth-order valence-electron chi connectivity index (χ4n) is 2.83. The van der Waals surface area contributed by atoms with E-state index >= 15 is 0 Å². The Morgan fingerprint density at radius 1 is 1.38 bits per heavy atom. The van der Waals surface area contributed by atoms with Gasteiger partial charge in [0.2, 0.25) is 0 Å². The fourth-order valence-corrected chi connectivity index (χ4v) is 3.27. The van der Waals surface area contributed by atoms with Gasteiger partial charge in [-0.05, 0) is 37.7 Å². The Labute approximate surface area is 146 Å². The molecule has 1 N–H and O–H groups in total. The van der Waals surface area contributed by atoms with Crippen molar-refractivity contribution in [1.29, 1.82) is 0 Å².